The number of hydrogen-bond donors (Lipinski definition) is 0. The summed E-state index contributed by atoms with van der Waals surface area (Å²) in [6.45, 7) is 2.41. The first-order valence-corrected chi connectivity index (χ1v) is 7.68. The van der Waals surface area contributed by atoms with Gasteiger partial charge in [0.25, 0.3) is 0 Å². The SMILES string of the molecule is CN(Cc1ccc(C#N)cc1)C1CCC2(CC1)OCCO2. The van der Waals surface area contributed by atoms with Crippen LogP contribution in [0.25, 0.3) is 0 Å². The molecule has 1 saturated carbocycles. The summed E-state index contributed by atoms with van der Waals surface area (Å²) in [6.07, 6.45) is 4.23. The molecule has 1 aromatic carbocycles. The fourth-order valence-corrected chi connectivity index (χ4v) is 3.37. The lowest BCUT2D eigenvalue weighted by Gasteiger charge is -2.39. The normalized spacial score (nSPS) is 21.8. The van der Waals surface area contributed by atoms with Crippen molar-refractivity contribution in [3.63, 3.8) is 0 Å². The summed E-state index contributed by atoms with van der Waals surface area (Å²) in [5.74, 6) is -0.272. The minimum absolute atomic E-state index is 0.272. The van der Waals surface area contributed by atoms with Crippen LogP contribution in [0.2, 0.25) is 0 Å². The van der Waals surface area contributed by atoms with E-state index in [4.69, 9.17) is 14.7 Å². The van der Waals surface area contributed by atoms with E-state index >= 15 is 0 Å². The maximum Gasteiger partial charge on any atom is 0.168 e. The molecular weight excluding hydrogens is 264 g/mol. The lowest BCUT2D eigenvalue weighted by atomic mass is 9.89. The second kappa shape index (κ2) is 6.15. The molecule has 0 unspecified atom stereocenters. The molecule has 112 valence electrons. The Labute approximate surface area is 126 Å². The number of hydrogen-bond acceptors (Lipinski definition) is 4. The van der Waals surface area contributed by atoms with Crippen LogP contribution in [0, 0.1) is 11.3 Å². The van der Waals surface area contributed by atoms with Gasteiger partial charge in [0.2, 0.25) is 0 Å². The molecule has 1 heterocycles. The standard InChI is InChI=1S/C17H22N2O2/c1-19(13-15-4-2-14(12-18)3-5-15)16-6-8-17(9-7-16)20-10-11-21-17/h2-5,16H,6-11,13H2,1H3. The summed E-state index contributed by atoms with van der Waals surface area (Å²) >= 11 is 0. The van der Waals surface area contributed by atoms with Crippen LogP contribution in [-0.4, -0.2) is 37.0 Å². The molecule has 1 spiro atoms. The smallest absolute Gasteiger partial charge is 0.168 e. The van der Waals surface area contributed by atoms with E-state index in [2.05, 4.69) is 18.0 Å². The Morgan fingerprint density at radius 2 is 1.81 bits per heavy atom. The van der Waals surface area contributed by atoms with Gasteiger partial charge in [-0.3, -0.25) is 4.90 Å². The monoisotopic (exact) mass is 286 g/mol. The maximum atomic E-state index is 8.83. The predicted octanol–water partition coefficient (Wildman–Crippen LogP) is 2.68. The molecule has 4 heteroatoms. The predicted molar refractivity (Wildman–Crippen MR) is 79.5 cm³/mol. The van der Waals surface area contributed by atoms with Crippen LogP contribution >= 0.6 is 0 Å². The minimum atomic E-state index is -0.272. The summed E-state index contributed by atoms with van der Waals surface area (Å²) in [6, 6.07) is 10.6. The van der Waals surface area contributed by atoms with Gasteiger partial charge in [-0.15, -0.1) is 0 Å². The first-order chi connectivity index (χ1) is 10.2. The Hall–Kier alpha value is -1.41. The third kappa shape index (κ3) is 3.26. The zero-order chi connectivity index (χ0) is 14.7. The number of rotatable bonds is 3. The average molecular weight is 286 g/mol. The summed E-state index contributed by atoms with van der Waals surface area (Å²) in [7, 11) is 2.18. The van der Waals surface area contributed by atoms with Crippen LogP contribution in [0.3, 0.4) is 0 Å². The van der Waals surface area contributed by atoms with Gasteiger partial charge in [-0.05, 0) is 37.6 Å². The van der Waals surface area contributed by atoms with E-state index in [1.54, 1.807) is 0 Å². The molecule has 1 aliphatic heterocycles. The first kappa shape index (κ1) is 14.5. The van der Waals surface area contributed by atoms with Crippen molar-refractivity contribution in [3.8, 4) is 6.07 Å². The molecule has 0 radical (unpaired) electrons. The molecule has 0 amide bonds. The summed E-state index contributed by atoms with van der Waals surface area (Å²) in [4.78, 5) is 2.41. The van der Waals surface area contributed by atoms with Gasteiger partial charge in [0.1, 0.15) is 0 Å². The highest BCUT2D eigenvalue weighted by molar-refractivity contribution is 5.31. The highest BCUT2D eigenvalue weighted by Crippen LogP contribution is 2.37. The van der Waals surface area contributed by atoms with Gasteiger partial charge in [0.05, 0.1) is 24.8 Å². The Morgan fingerprint density at radius 1 is 1.19 bits per heavy atom. The Kier molecular flexibility index (Phi) is 4.25. The molecule has 21 heavy (non-hydrogen) atoms. The van der Waals surface area contributed by atoms with Crippen LogP contribution in [0.4, 0.5) is 0 Å². The van der Waals surface area contributed by atoms with Crippen LogP contribution < -0.4 is 0 Å². The second-order valence-electron chi connectivity index (χ2n) is 6.06. The number of nitrogens with zero attached hydrogens (tertiary/aromatic N) is 2. The van der Waals surface area contributed by atoms with Crippen molar-refractivity contribution in [2.24, 2.45) is 0 Å². The topological polar surface area (TPSA) is 45.5 Å². The van der Waals surface area contributed by atoms with Gasteiger partial charge in [-0.2, -0.15) is 5.26 Å². The molecule has 1 aromatic rings. The number of ether oxygens (including phenoxy) is 2. The summed E-state index contributed by atoms with van der Waals surface area (Å²) in [5, 5.41) is 8.83. The molecule has 1 aliphatic carbocycles. The molecule has 1 saturated heterocycles. The molecular formula is C17H22N2O2. The van der Waals surface area contributed by atoms with Crippen LogP contribution in [0.5, 0.6) is 0 Å². The van der Waals surface area contributed by atoms with Crippen molar-refractivity contribution in [2.45, 2.75) is 44.1 Å². The van der Waals surface area contributed by atoms with Gasteiger partial charge in [0, 0.05) is 25.4 Å². The number of benzene rings is 1. The van der Waals surface area contributed by atoms with Crippen molar-refractivity contribution in [1.82, 2.24) is 4.90 Å². The Balaban J connectivity index is 1.54. The highest BCUT2D eigenvalue weighted by Gasteiger charge is 2.40. The molecule has 0 atom stereocenters. The molecule has 2 fully saturated rings. The molecule has 0 aromatic heterocycles. The van der Waals surface area contributed by atoms with Gasteiger partial charge in [-0.25, -0.2) is 0 Å². The fourth-order valence-electron chi connectivity index (χ4n) is 3.37. The number of nitriles is 1. The molecule has 0 bridgehead atoms. The molecule has 2 aliphatic rings. The van der Waals surface area contributed by atoms with Gasteiger partial charge >= 0.3 is 0 Å². The van der Waals surface area contributed by atoms with Crippen LogP contribution in [0.1, 0.15) is 36.8 Å². The maximum absolute atomic E-state index is 8.83. The Bertz CT molecular complexity index is 505. The third-order valence-corrected chi connectivity index (χ3v) is 4.67. The van der Waals surface area contributed by atoms with E-state index in [1.807, 2.05) is 24.3 Å². The lowest BCUT2D eigenvalue weighted by molar-refractivity contribution is -0.183. The van der Waals surface area contributed by atoms with Gasteiger partial charge in [0.15, 0.2) is 5.79 Å². The molecule has 4 nitrogen and oxygen atoms in total. The van der Waals surface area contributed by atoms with E-state index in [9.17, 15) is 0 Å². The van der Waals surface area contributed by atoms with Gasteiger partial charge in [-0.1, -0.05) is 12.1 Å². The van der Waals surface area contributed by atoms with Crippen molar-refractivity contribution >= 4 is 0 Å². The average Bonchev–Trinajstić information content (AvgIpc) is 2.97. The second-order valence-corrected chi connectivity index (χ2v) is 6.06. The zero-order valence-corrected chi connectivity index (χ0v) is 12.5. The van der Waals surface area contributed by atoms with Crippen molar-refractivity contribution in [2.75, 3.05) is 20.3 Å². The van der Waals surface area contributed by atoms with E-state index < -0.39 is 0 Å². The summed E-state index contributed by atoms with van der Waals surface area (Å²) in [5.41, 5.74) is 1.97. The van der Waals surface area contributed by atoms with E-state index in [-0.39, 0.29) is 5.79 Å². The van der Waals surface area contributed by atoms with Crippen LogP contribution in [-0.2, 0) is 16.0 Å². The van der Waals surface area contributed by atoms with Crippen molar-refractivity contribution in [3.05, 3.63) is 35.4 Å². The first-order valence-electron chi connectivity index (χ1n) is 7.68. The van der Waals surface area contributed by atoms with Crippen molar-refractivity contribution in [1.29, 1.82) is 5.26 Å². The van der Waals surface area contributed by atoms with E-state index in [1.165, 1.54) is 5.56 Å². The van der Waals surface area contributed by atoms with Gasteiger partial charge < -0.3 is 9.47 Å². The zero-order valence-electron chi connectivity index (χ0n) is 12.5. The fraction of sp³-hybridized carbons (Fsp3) is 0.588. The van der Waals surface area contributed by atoms with Crippen molar-refractivity contribution < 1.29 is 9.47 Å². The van der Waals surface area contributed by atoms with E-state index in [0.717, 1.165) is 51.0 Å². The largest absolute Gasteiger partial charge is 0.348 e. The minimum Gasteiger partial charge on any atom is -0.348 e. The lowest BCUT2D eigenvalue weighted by Crippen LogP contribution is -2.42. The Morgan fingerprint density at radius 3 is 2.38 bits per heavy atom. The summed E-state index contributed by atoms with van der Waals surface area (Å²) < 4.78 is 11.6. The van der Waals surface area contributed by atoms with E-state index in [0.29, 0.717) is 6.04 Å². The van der Waals surface area contributed by atoms with Crippen LogP contribution in [0.15, 0.2) is 24.3 Å². The third-order valence-electron chi connectivity index (χ3n) is 4.67. The molecule has 3 rings (SSSR count). The quantitative estimate of drug-likeness (QED) is 0.857. The molecule has 0 N–H and O–H groups in total. The highest BCUT2D eigenvalue weighted by atomic mass is 16.7.